The summed E-state index contributed by atoms with van der Waals surface area (Å²) in [7, 11) is 0. The van der Waals surface area contributed by atoms with Gasteiger partial charge in [0.2, 0.25) is 5.43 Å². The lowest BCUT2D eigenvalue weighted by molar-refractivity contribution is 0.0952. The van der Waals surface area contributed by atoms with Crippen molar-refractivity contribution >= 4 is 33.3 Å². The summed E-state index contributed by atoms with van der Waals surface area (Å²) in [4.78, 5) is 29.0. The van der Waals surface area contributed by atoms with E-state index >= 15 is 4.39 Å². The average molecular weight is 549 g/mol. The van der Waals surface area contributed by atoms with Gasteiger partial charge in [0.05, 0.1) is 11.1 Å². The monoisotopic (exact) mass is 548 g/mol. The third kappa shape index (κ3) is 4.31. The Morgan fingerprint density at radius 3 is 2.59 bits per heavy atom. The first-order chi connectivity index (χ1) is 19.9. The van der Waals surface area contributed by atoms with E-state index in [4.69, 9.17) is 10.5 Å². The third-order valence-electron chi connectivity index (χ3n) is 8.08. The van der Waals surface area contributed by atoms with Gasteiger partial charge in [-0.25, -0.2) is 4.39 Å². The summed E-state index contributed by atoms with van der Waals surface area (Å²) >= 11 is 0. The molecular formula is C33H29FN4O3. The molecule has 3 heterocycles. The minimum Gasteiger partial charge on any atom is -0.451 e. The molecule has 0 spiro atoms. The van der Waals surface area contributed by atoms with Crippen molar-refractivity contribution in [1.29, 1.82) is 0 Å². The second kappa shape index (κ2) is 9.74. The summed E-state index contributed by atoms with van der Waals surface area (Å²) in [5.41, 5.74) is 9.20. The van der Waals surface area contributed by atoms with Gasteiger partial charge in [0.15, 0.2) is 17.3 Å². The average Bonchev–Trinajstić information content (AvgIpc) is 3.39. The summed E-state index contributed by atoms with van der Waals surface area (Å²) in [6.07, 6.45) is 2.91. The maximum atomic E-state index is 15.9. The van der Waals surface area contributed by atoms with Gasteiger partial charge in [0, 0.05) is 31.9 Å². The predicted molar refractivity (Wildman–Crippen MR) is 159 cm³/mol. The lowest BCUT2D eigenvalue weighted by atomic mass is 10.0. The van der Waals surface area contributed by atoms with Crippen LogP contribution in [-0.4, -0.2) is 36.2 Å². The van der Waals surface area contributed by atoms with Crippen LogP contribution in [0, 0.1) is 12.7 Å². The van der Waals surface area contributed by atoms with E-state index in [2.05, 4.69) is 5.32 Å². The van der Waals surface area contributed by atoms with Crippen molar-refractivity contribution < 1.29 is 13.9 Å². The number of carbonyl (C=O) groups is 1. The smallest absolute Gasteiger partial charge is 0.256 e. The zero-order valence-corrected chi connectivity index (χ0v) is 22.6. The van der Waals surface area contributed by atoms with E-state index in [1.807, 2.05) is 72.5 Å². The molecule has 7 nitrogen and oxygen atoms in total. The minimum absolute atomic E-state index is 0.0521. The second-order valence-corrected chi connectivity index (χ2v) is 10.9. The highest BCUT2D eigenvalue weighted by atomic mass is 19.1. The van der Waals surface area contributed by atoms with Gasteiger partial charge in [0.25, 0.3) is 5.91 Å². The maximum Gasteiger partial charge on any atom is 0.256 e. The quantitative estimate of drug-likeness (QED) is 0.309. The van der Waals surface area contributed by atoms with Gasteiger partial charge in [-0.05, 0) is 54.3 Å². The number of amides is 1. The van der Waals surface area contributed by atoms with Gasteiger partial charge < -0.3 is 25.3 Å². The Morgan fingerprint density at radius 1 is 1.10 bits per heavy atom. The molecule has 2 aliphatic rings. The Hall–Kier alpha value is -4.69. The molecule has 1 amide bonds. The molecule has 206 valence electrons. The molecule has 7 rings (SSSR count). The van der Waals surface area contributed by atoms with E-state index in [-0.39, 0.29) is 28.4 Å². The summed E-state index contributed by atoms with van der Waals surface area (Å²) in [5.74, 6) is -0.299. The molecule has 4 aromatic carbocycles. The standard InChI is InChI=1S/C33H29FN4O3/c1-19-6-8-20(9-7-19)10-12-36-33(40)25-18-38-27-14-21-4-2-3-5-22(21)15-28(27)41-32-29(38)24(31(25)39)16-26(34)30(32)37-13-11-23(35)17-37/h2-9,14-16,18,23H,10-13,17,35H2,1H3,(H,36,40). The number of aryl methyl sites for hydroxylation is 1. The summed E-state index contributed by atoms with van der Waals surface area (Å²) in [6, 6.07) is 21.0. The van der Waals surface area contributed by atoms with Crippen molar-refractivity contribution in [3.63, 3.8) is 0 Å². The van der Waals surface area contributed by atoms with E-state index in [1.165, 1.54) is 6.07 Å². The van der Waals surface area contributed by atoms with Crippen molar-refractivity contribution in [3.8, 4) is 17.2 Å². The van der Waals surface area contributed by atoms with Gasteiger partial charge in [-0.2, -0.15) is 0 Å². The zero-order valence-electron chi connectivity index (χ0n) is 22.6. The van der Waals surface area contributed by atoms with Gasteiger partial charge in [-0.1, -0.05) is 54.1 Å². The Kier molecular flexibility index (Phi) is 6.01. The van der Waals surface area contributed by atoms with Crippen molar-refractivity contribution in [2.45, 2.75) is 25.8 Å². The first-order valence-electron chi connectivity index (χ1n) is 13.8. The van der Waals surface area contributed by atoms with Gasteiger partial charge >= 0.3 is 0 Å². The number of aromatic nitrogens is 1. The SMILES string of the molecule is Cc1ccc(CCNC(=O)c2cn3c4c(c(N5CCC(N)C5)c(F)cc4c2=O)Oc2cc4ccccc4cc2-3)cc1. The number of nitrogens with two attached hydrogens (primary N) is 1. The summed E-state index contributed by atoms with van der Waals surface area (Å²) in [5, 5.41) is 4.91. The number of benzene rings is 4. The molecule has 1 fully saturated rings. The molecule has 3 N–H and O–H groups in total. The lowest BCUT2D eigenvalue weighted by Gasteiger charge is -2.29. The molecule has 2 aliphatic heterocycles. The van der Waals surface area contributed by atoms with Crippen molar-refractivity contribution in [2.75, 3.05) is 24.5 Å². The largest absolute Gasteiger partial charge is 0.451 e. The molecule has 41 heavy (non-hydrogen) atoms. The third-order valence-corrected chi connectivity index (χ3v) is 8.08. The first-order valence-corrected chi connectivity index (χ1v) is 13.8. The second-order valence-electron chi connectivity index (χ2n) is 10.9. The number of anilines is 1. The molecule has 1 atom stereocenters. The molecule has 5 aromatic rings. The highest BCUT2D eigenvalue weighted by Gasteiger charge is 2.32. The lowest BCUT2D eigenvalue weighted by Crippen LogP contribution is -2.32. The van der Waals surface area contributed by atoms with Crippen molar-refractivity contribution in [2.24, 2.45) is 5.73 Å². The van der Waals surface area contributed by atoms with Crippen LogP contribution in [0.4, 0.5) is 10.1 Å². The van der Waals surface area contributed by atoms with Gasteiger partial charge in [0.1, 0.15) is 16.8 Å². The zero-order chi connectivity index (χ0) is 28.2. The molecule has 0 saturated carbocycles. The normalized spacial score (nSPS) is 15.7. The van der Waals surface area contributed by atoms with Crippen molar-refractivity contribution in [1.82, 2.24) is 9.88 Å². The molecule has 0 aliphatic carbocycles. The molecule has 0 bridgehead atoms. The predicted octanol–water partition coefficient (Wildman–Crippen LogP) is 5.21. The van der Waals surface area contributed by atoms with Crippen LogP contribution in [0.15, 0.2) is 77.7 Å². The van der Waals surface area contributed by atoms with Crippen LogP contribution in [0.25, 0.3) is 27.4 Å². The maximum absolute atomic E-state index is 15.9. The van der Waals surface area contributed by atoms with E-state index in [0.717, 1.165) is 28.3 Å². The fraction of sp³-hybridized carbons (Fsp3) is 0.212. The van der Waals surface area contributed by atoms with Crippen LogP contribution in [0.3, 0.4) is 0 Å². The van der Waals surface area contributed by atoms with Crippen LogP contribution in [0.2, 0.25) is 0 Å². The number of hydrogen-bond acceptors (Lipinski definition) is 5. The molecule has 0 radical (unpaired) electrons. The van der Waals surface area contributed by atoms with Crippen LogP contribution in [0.5, 0.6) is 11.5 Å². The first kappa shape index (κ1) is 25.3. The van der Waals surface area contributed by atoms with E-state index in [0.29, 0.717) is 43.0 Å². The Balaban J connectivity index is 1.37. The number of pyridine rings is 1. The van der Waals surface area contributed by atoms with E-state index < -0.39 is 17.2 Å². The van der Waals surface area contributed by atoms with Gasteiger partial charge in [-0.15, -0.1) is 0 Å². The number of rotatable bonds is 5. The highest BCUT2D eigenvalue weighted by molar-refractivity contribution is 6.02. The summed E-state index contributed by atoms with van der Waals surface area (Å²) < 4.78 is 24.1. The van der Waals surface area contributed by atoms with E-state index in [9.17, 15) is 9.59 Å². The number of fused-ring (bicyclic) bond motifs is 3. The fourth-order valence-electron chi connectivity index (χ4n) is 5.91. The fourth-order valence-corrected chi connectivity index (χ4v) is 5.91. The topological polar surface area (TPSA) is 89.6 Å². The summed E-state index contributed by atoms with van der Waals surface area (Å²) in [6.45, 7) is 3.44. The van der Waals surface area contributed by atoms with Gasteiger partial charge in [-0.3, -0.25) is 9.59 Å². The molecule has 8 heteroatoms. The Labute approximate surface area is 235 Å². The van der Waals surface area contributed by atoms with Crippen LogP contribution in [0.1, 0.15) is 27.9 Å². The molecule has 1 unspecified atom stereocenters. The minimum atomic E-state index is -0.577. The number of ether oxygens (including phenoxy) is 1. The van der Waals surface area contributed by atoms with Crippen molar-refractivity contribution in [3.05, 3.63) is 106 Å². The highest BCUT2D eigenvalue weighted by Crippen LogP contribution is 2.48. The molecular weight excluding hydrogens is 519 g/mol. The number of nitrogens with one attached hydrogen (secondary N) is 1. The number of nitrogens with zero attached hydrogens (tertiary/aromatic N) is 2. The van der Waals surface area contributed by atoms with Crippen LogP contribution >= 0.6 is 0 Å². The van der Waals surface area contributed by atoms with Crippen LogP contribution < -0.4 is 26.1 Å². The molecule has 1 aromatic heterocycles. The number of carbonyl (C=O) groups excluding carboxylic acids is 1. The Morgan fingerprint density at radius 2 is 1.85 bits per heavy atom. The van der Waals surface area contributed by atoms with E-state index in [1.54, 1.807) is 10.8 Å². The Bertz CT molecular complexity index is 1920. The number of hydrogen-bond donors (Lipinski definition) is 2. The molecule has 1 saturated heterocycles. The van der Waals surface area contributed by atoms with Crippen LogP contribution in [-0.2, 0) is 6.42 Å². The number of halogens is 1.